The molecule has 1 amide bonds. The molecular weight excluding hydrogens is 1270 g/mol. The van der Waals surface area contributed by atoms with E-state index in [-0.39, 0.29) is 12.5 Å². The molecule has 0 bridgehead atoms. The molecule has 0 radical (unpaired) electrons. The minimum Gasteiger partial charge on any atom is -0.349 e. The Kier molecular flexibility index (Phi) is 17.6. The molecule has 4 nitrogen and oxygen atoms in total. The predicted molar refractivity (Wildman–Crippen MR) is 166 cm³/mol. The van der Waals surface area contributed by atoms with E-state index in [0.717, 1.165) is 30.5 Å². The fraction of sp³-hybridized carbons (Fsp3) is 0.758. The van der Waals surface area contributed by atoms with Crippen molar-refractivity contribution in [2.45, 2.75) is 151 Å². The minimum absolute atomic E-state index is 0.0587. The molecule has 468 valence electrons. The van der Waals surface area contributed by atoms with Gasteiger partial charge in [0.15, 0.2) is 0 Å². The lowest BCUT2D eigenvalue weighted by Gasteiger charge is -2.47. The van der Waals surface area contributed by atoms with Gasteiger partial charge >= 0.3 is 125 Å². The molecule has 1 aromatic rings. The molecule has 0 aliphatic carbocycles. The number of nitrogens with one attached hydrogen (secondary N) is 1. The van der Waals surface area contributed by atoms with Crippen LogP contribution in [-0.4, -0.2) is 143 Å². The van der Waals surface area contributed by atoms with Gasteiger partial charge in [-0.2, -0.15) is 194 Å². The second-order valence-electron chi connectivity index (χ2n) is 15.9. The highest BCUT2D eigenvalue weighted by Crippen LogP contribution is 2.72. The predicted octanol–water partition coefficient (Wildman–Crippen LogP) is 15.7. The topological polar surface area (TPSA) is 58.5 Å². The number of carbonyl (C=O) groups is 1. The van der Waals surface area contributed by atoms with Gasteiger partial charge in [-0.05, 0) is 31.5 Å². The first-order valence-corrected chi connectivity index (χ1v) is 18.3. The van der Waals surface area contributed by atoms with Crippen LogP contribution in [0.25, 0.3) is 0 Å². The molecule has 0 aliphatic heterocycles. The molecule has 1 atom stereocenters. The molecule has 0 aromatic heterocycles. The molecule has 0 saturated carbocycles. The molecule has 1 aromatic carbocycles. The molecule has 0 saturated heterocycles. The summed E-state index contributed by atoms with van der Waals surface area (Å²) < 4.78 is 601. The smallest absolute Gasteiger partial charge is 0.349 e. The van der Waals surface area contributed by atoms with Gasteiger partial charge in [0.1, 0.15) is 0 Å². The molecule has 80 heavy (non-hydrogen) atoms. The zero-order valence-electron chi connectivity index (χ0n) is 36.0. The number of nitrogens with zero attached hydrogens (tertiary/aromatic N) is 1. The maximum absolute atomic E-state index is 14.6. The van der Waals surface area contributed by atoms with Crippen molar-refractivity contribution in [1.82, 2.24) is 5.32 Å². The Bertz CT molecular complexity index is 2500. The van der Waals surface area contributed by atoms with Crippen molar-refractivity contribution >= 4 is 17.7 Å². The number of halogens is 43. The summed E-state index contributed by atoms with van der Waals surface area (Å²) in [7, 11) is 0. The van der Waals surface area contributed by atoms with E-state index in [0.29, 0.717) is 6.07 Å². The number of rotatable bonds is 24. The van der Waals surface area contributed by atoms with Gasteiger partial charge in [-0.15, -0.1) is 0 Å². The quantitative estimate of drug-likeness (QED) is 0.0637. The molecule has 1 rings (SSSR count). The normalized spacial score (nSPS) is 16.6. The Morgan fingerprint density at radius 1 is 0.388 bits per heavy atom. The van der Waals surface area contributed by atoms with Gasteiger partial charge in [0.05, 0.1) is 11.3 Å². The lowest BCUT2D eigenvalue weighted by Crippen LogP contribution is -2.80. The first-order valence-electron chi connectivity index (χ1n) is 18.3. The third-order valence-corrected chi connectivity index (χ3v) is 10.4. The van der Waals surface area contributed by atoms with Gasteiger partial charge < -0.3 is 5.32 Å². The Morgan fingerprint density at radius 3 is 0.812 bits per heavy atom. The van der Waals surface area contributed by atoms with Crippen LogP contribution < -0.4 is 5.32 Å². The highest BCUT2D eigenvalue weighted by Gasteiger charge is 3.03. The van der Waals surface area contributed by atoms with E-state index in [4.69, 9.17) is 0 Å². The zero-order chi connectivity index (χ0) is 65.3. The van der Waals surface area contributed by atoms with Gasteiger partial charge in [0.25, 0.3) is 5.91 Å². The van der Waals surface area contributed by atoms with Crippen LogP contribution in [0.1, 0.15) is 29.3 Å². The molecule has 47 heteroatoms. The SMILES string of the molecule is Cc1ccc(C(=O)NC(C)CC(F)(F)C(F)(F)C(F)(F)C(F)(F)C(F)(F)C(F)(F)C(F)(F)C(F)(F)C(F)(F)C(F)(F)C(F)(F)C(F)(F)C(F)(F)C(F)(F)C(F)(F)C(F)(F)C(F)(F)C(F)(F)C(F)(F)C(F)(F)C(F)(F)F)c(N=C=O)c1. The lowest BCUT2D eigenvalue weighted by molar-refractivity contribution is -0.496. The second-order valence-corrected chi connectivity index (χ2v) is 15.9. The van der Waals surface area contributed by atoms with Crippen LogP contribution in [0.15, 0.2) is 23.2 Å². The Morgan fingerprint density at radius 2 is 0.600 bits per heavy atom. The highest BCUT2D eigenvalue weighted by molar-refractivity contribution is 5.99. The van der Waals surface area contributed by atoms with E-state index in [9.17, 15) is 198 Å². The number of benzene rings is 1. The summed E-state index contributed by atoms with van der Waals surface area (Å²) in [6.07, 6.45) is -11.3. The monoisotopic (exact) mass is 1290 g/mol. The fourth-order valence-electron chi connectivity index (χ4n) is 5.60. The van der Waals surface area contributed by atoms with Crippen LogP contribution in [0.3, 0.4) is 0 Å². The summed E-state index contributed by atoms with van der Waals surface area (Å²) in [5.74, 6) is -203. The molecule has 1 unspecified atom stereocenters. The molecule has 0 aliphatic rings. The van der Waals surface area contributed by atoms with Crippen molar-refractivity contribution in [1.29, 1.82) is 0 Å². The Balaban J connectivity index is 4.05. The Labute approximate surface area is 407 Å². The van der Waals surface area contributed by atoms with Crippen molar-refractivity contribution in [3.63, 3.8) is 0 Å². The van der Waals surface area contributed by atoms with Gasteiger partial charge in [0, 0.05) is 12.5 Å². The minimum atomic E-state index is -10.7. The van der Waals surface area contributed by atoms with Crippen molar-refractivity contribution in [3.05, 3.63) is 29.3 Å². The van der Waals surface area contributed by atoms with Crippen LogP contribution >= 0.6 is 0 Å². The van der Waals surface area contributed by atoms with E-state index in [1.807, 2.05) is 0 Å². The summed E-state index contributed by atoms with van der Waals surface area (Å²) in [6, 6.07) is -0.849. The number of hydrogen-bond donors (Lipinski definition) is 1. The second kappa shape index (κ2) is 19.3. The largest absolute Gasteiger partial charge is 0.460 e. The Hall–Kier alpha value is -4.94. The number of carbonyl (C=O) groups excluding carboxylic acids is 2. The van der Waals surface area contributed by atoms with Crippen molar-refractivity contribution in [2.24, 2.45) is 4.99 Å². The van der Waals surface area contributed by atoms with Crippen molar-refractivity contribution in [3.8, 4) is 0 Å². The summed E-state index contributed by atoms with van der Waals surface area (Å²) in [4.78, 5) is 25.8. The third-order valence-electron chi connectivity index (χ3n) is 10.4. The number of aryl methyl sites for hydroxylation is 1. The first-order chi connectivity index (χ1) is 34.2. The number of isocyanates is 1. The van der Waals surface area contributed by atoms with E-state index < -0.39 is 154 Å². The summed E-state index contributed by atoms with van der Waals surface area (Å²) in [5.41, 5.74) is -1.80. The van der Waals surface area contributed by atoms with Crippen molar-refractivity contribution in [2.75, 3.05) is 0 Å². The van der Waals surface area contributed by atoms with Crippen molar-refractivity contribution < 1.29 is 198 Å². The molecule has 0 fully saturated rings. The van der Waals surface area contributed by atoms with Gasteiger partial charge in [0.2, 0.25) is 6.08 Å². The van der Waals surface area contributed by atoms with E-state index in [1.54, 1.807) is 0 Å². The molecular formula is C33H13F43N2O2. The van der Waals surface area contributed by atoms with E-state index >= 15 is 0 Å². The van der Waals surface area contributed by atoms with Crippen LogP contribution in [0.2, 0.25) is 0 Å². The molecule has 0 heterocycles. The number of hydrogen-bond acceptors (Lipinski definition) is 3. The van der Waals surface area contributed by atoms with Crippen LogP contribution in [0, 0.1) is 6.92 Å². The van der Waals surface area contributed by atoms with Gasteiger partial charge in [-0.25, -0.2) is 4.79 Å². The number of amides is 1. The maximum atomic E-state index is 14.6. The fourth-order valence-corrected chi connectivity index (χ4v) is 5.60. The summed E-state index contributed by atoms with van der Waals surface area (Å²) >= 11 is 0. The van der Waals surface area contributed by atoms with Crippen LogP contribution in [0.4, 0.5) is 194 Å². The molecule has 1 N–H and O–H groups in total. The highest BCUT2D eigenvalue weighted by atomic mass is 19.4. The maximum Gasteiger partial charge on any atom is 0.460 e. The van der Waals surface area contributed by atoms with Gasteiger partial charge in [-0.3, -0.25) is 4.79 Å². The van der Waals surface area contributed by atoms with E-state index in [2.05, 4.69) is 4.99 Å². The lowest BCUT2D eigenvalue weighted by atomic mass is 9.81. The third kappa shape index (κ3) is 9.11. The average Bonchev–Trinajstić information content (AvgIpc) is 3.24. The first kappa shape index (κ1) is 73.1. The average molecular weight is 1290 g/mol. The number of aliphatic imine (C=N–C) groups is 1. The number of alkyl halides is 43. The summed E-state index contributed by atoms with van der Waals surface area (Å²) in [5, 5.41) is 1.10. The zero-order valence-corrected chi connectivity index (χ0v) is 36.0. The van der Waals surface area contributed by atoms with E-state index in [1.165, 1.54) is 0 Å². The summed E-state index contributed by atoms with van der Waals surface area (Å²) in [6.45, 7) is 1.07. The molecule has 0 spiro atoms. The van der Waals surface area contributed by atoms with Crippen LogP contribution in [0.5, 0.6) is 0 Å². The van der Waals surface area contributed by atoms with Crippen LogP contribution in [-0.2, 0) is 4.79 Å². The van der Waals surface area contributed by atoms with Gasteiger partial charge in [-0.1, -0.05) is 6.07 Å². The standard InChI is InChI=1S/C33H13F43N2O2/c1-8-3-4-10(11(5-8)77-7-79)12(80)78-9(2)6-13(34,35)14(36,37)15(38,39)16(40,41)17(42,43)18(44,45)19(46,47)20(48,49)21(50,51)22(52,53)23(54,55)24(56,57)25(58,59)26(60,61)27(62,63)28(64,65)29(66,67)30(68,69)31(70,71)32(72,73)33(74,75)76/h3-5,9H,6H2,1-2H3,(H,78,80).